The summed E-state index contributed by atoms with van der Waals surface area (Å²) >= 11 is 0. The Kier molecular flexibility index (Phi) is 4.63. The van der Waals surface area contributed by atoms with Gasteiger partial charge < -0.3 is 9.88 Å². The maximum absolute atomic E-state index is 12.6. The molecule has 0 bridgehead atoms. The molecule has 23 heavy (non-hydrogen) atoms. The molecule has 0 aliphatic carbocycles. The molecule has 0 radical (unpaired) electrons. The van der Waals surface area contributed by atoms with Crippen LogP contribution in [-0.4, -0.2) is 45.2 Å². The molecule has 1 unspecified atom stereocenters. The second kappa shape index (κ2) is 6.67. The number of halogens is 3. The summed E-state index contributed by atoms with van der Waals surface area (Å²) in [6.45, 7) is 1.70. The Hall–Kier alpha value is -1.93. The predicted octanol–water partition coefficient (Wildman–Crippen LogP) is 1.99. The van der Waals surface area contributed by atoms with E-state index in [1.165, 1.54) is 17.0 Å². The van der Waals surface area contributed by atoms with Crippen molar-refractivity contribution in [3.8, 4) is 0 Å². The molecule has 1 saturated heterocycles. The van der Waals surface area contributed by atoms with E-state index in [2.05, 4.69) is 20.2 Å². The number of nitrogens with one attached hydrogen (secondary N) is 1. The molecular formula is C15H18F3N5. The summed E-state index contributed by atoms with van der Waals surface area (Å²) in [4.78, 5) is 10.3. The minimum absolute atomic E-state index is 0.0998. The van der Waals surface area contributed by atoms with E-state index in [1.54, 1.807) is 12.4 Å². The Balaban J connectivity index is 1.77. The molecule has 2 aromatic rings. The van der Waals surface area contributed by atoms with Crippen molar-refractivity contribution in [1.29, 1.82) is 0 Å². The lowest BCUT2D eigenvalue weighted by Crippen LogP contribution is -2.45. The number of hydrogen-bond acceptors (Lipinski definition) is 4. The largest absolute Gasteiger partial charge is 0.406 e. The first kappa shape index (κ1) is 15.9. The normalized spacial score (nSPS) is 19.9. The summed E-state index contributed by atoms with van der Waals surface area (Å²) in [5, 5.41) is 3.33. The third kappa shape index (κ3) is 4.08. The average Bonchev–Trinajstić information content (AvgIpc) is 2.94. The Morgan fingerprint density at radius 2 is 2.00 bits per heavy atom. The molecule has 5 nitrogen and oxygen atoms in total. The molecular weight excluding hydrogens is 307 g/mol. The number of nitrogens with zero attached hydrogens (tertiary/aromatic N) is 4. The quantitative estimate of drug-likeness (QED) is 0.934. The van der Waals surface area contributed by atoms with Crippen LogP contribution in [-0.2, 0) is 13.1 Å². The molecule has 1 aliphatic rings. The van der Waals surface area contributed by atoms with Crippen LogP contribution in [0.5, 0.6) is 0 Å². The van der Waals surface area contributed by atoms with Gasteiger partial charge in [-0.2, -0.15) is 13.2 Å². The van der Waals surface area contributed by atoms with Gasteiger partial charge in [-0.3, -0.25) is 9.88 Å². The van der Waals surface area contributed by atoms with Crippen LogP contribution in [0.25, 0.3) is 0 Å². The van der Waals surface area contributed by atoms with Crippen molar-refractivity contribution in [2.24, 2.45) is 0 Å². The minimum atomic E-state index is -4.25. The van der Waals surface area contributed by atoms with Gasteiger partial charge in [0.15, 0.2) is 0 Å². The van der Waals surface area contributed by atoms with Crippen molar-refractivity contribution >= 4 is 0 Å². The van der Waals surface area contributed by atoms with Gasteiger partial charge in [-0.05, 0) is 17.7 Å². The number of piperazine rings is 1. The summed E-state index contributed by atoms with van der Waals surface area (Å²) in [6, 6.07) is 3.97. The summed E-state index contributed by atoms with van der Waals surface area (Å²) in [5.41, 5.74) is 1.10. The minimum Gasteiger partial charge on any atom is -0.325 e. The van der Waals surface area contributed by atoms with Gasteiger partial charge in [-0.25, -0.2) is 4.98 Å². The Morgan fingerprint density at radius 3 is 2.74 bits per heavy atom. The van der Waals surface area contributed by atoms with Crippen molar-refractivity contribution in [1.82, 2.24) is 24.8 Å². The number of imidazole rings is 1. The van der Waals surface area contributed by atoms with Crippen molar-refractivity contribution < 1.29 is 13.2 Å². The van der Waals surface area contributed by atoms with Gasteiger partial charge in [-0.1, -0.05) is 0 Å². The van der Waals surface area contributed by atoms with Gasteiger partial charge in [-0.15, -0.1) is 0 Å². The number of alkyl halides is 3. The highest BCUT2D eigenvalue weighted by Crippen LogP contribution is 2.24. The topological polar surface area (TPSA) is 46.0 Å². The van der Waals surface area contributed by atoms with E-state index < -0.39 is 12.7 Å². The van der Waals surface area contributed by atoms with Crippen molar-refractivity contribution in [3.05, 3.63) is 48.3 Å². The van der Waals surface area contributed by atoms with Crippen LogP contribution < -0.4 is 5.32 Å². The molecule has 0 spiro atoms. The first-order valence-electron chi connectivity index (χ1n) is 7.44. The average molecular weight is 325 g/mol. The smallest absolute Gasteiger partial charge is 0.325 e. The zero-order valence-electron chi connectivity index (χ0n) is 12.5. The summed E-state index contributed by atoms with van der Waals surface area (Å²) in [5.74, 6) is 0.434. The first-order valence-corrected chi connectivity index (χ1v) is 7.44. The second-order valence-electron chi connectivity index (χ2n) is 5.56. The first-order chi connectivity index (χ1) is 11.0. The van der Waals surface area contributed by atoms with E-state index in [9.17, 15) is 13.2 Å². The van der Waals surface area contributed by atoms with Crippen LogP contribution in [0.2, 0.25) is 0 Å². The van der Waals surface area contributed by atoms with Crippen LogP contribution in [0, 0.1) is 0 Å². The van der Waals surface area contributed by atoms with E-state index in [-0.39, 0.29) is 6.04 Å². The number of pyridine rings is 1. The molecule has 2 aromatic heterocycles. The molecule has 1 fully saturated rings. The highest BCUT2D eigenvalue weighted by molar-refractivity contribution is 5.16. The van der Waals surface area contributed by atoms with Crippen LogP contribution in [0.4, 0.5) is 13.2 Å². The lowest BCUT2D eigenvalue weighted by atomic mass is 10.0. The predicted molar refractivity (Wildman–Crippen MR) is 78.5 cm³/mol. The van der Waals surface area contributed by atoms with Gasteiger partial charge in [0.05, 0.1) is 6.54 Å². The number of aromatic nitrogens is 3. The molecule has 1 N–H and O–H groups in total. The molecule has 0 amide bonds. The van der Waals surface area contributed by atoms with Crippen molar-refractivity contribution in [3.63, 3.8) is 0 Å². The van der Waals surface area contributed by atoms with Crippen LogP contribution in [0.1, 0.15) is 17.4 Å². The number of rotatable bonds is 4. The maximum Gasteiger partial charge on any atom is 0.406 e. The zero-order chi connectivity index (χ0) is 16.3. The molecule has 1 atom stereocenters. The van der Waals surface area contributed by atoms with E-state index in [0.717, 1.165) is 25.2 Å². The Bertz CT molecular complexity index is 626. The van der Waals surface area contributed by atoms with Gasteiger partial charge >= 0.3 is 6.18 Å². The zero-order valence-corrected chi connectivity index (χ0v) is 12.5. The third-order valence-corrected chi connectivity index (χ3v) is 3.94. The molecule has 0 aromatic carbocycles. The van der Waals surface area contributed by atoms with E-state index in [4.69, 9.17) is 0 Å². The monoisotopic (exact) mass is 325 g/mol. The van der Waals surface area contributed by atoms with E-state index in [0.29, 0.717) is 12.4 Å². The lowest BCUT2D eigenvalue weighted by molar-refractivity contribution is -0.141. The van der Waals surface area contributed by atoms with Gasteiger partial charge in [0.2, 0.25) is 0 Å². The van der Waals surface area contributed by atoms with Crippen LogP contribution in [0.15, 0.2) is 36.9 Å². The Morgan fingerprint density at radius 1 is 1.22 bits per heavy atom. The van der Waals surface area contributed by atoms with Crippen LogP contribution >= 0.6 is 0 Å². The highest BCUT2D eigenvalue weighted by Gasteiger charge is 2.30. The van der Waals surface area contributed by atoms with Gasteiger partial charge in [0.25, 0.3) is 0 Å². The molecule has 8 heteroatoms. The van der Waals surface area contributed by atoms with Gasteiger partial charge in [0.1, 0.15) is 12.4 Å². The van der Waals surface area contributed by atoms with Crippen LogP contribution in [0.3, 0.4) is 0 Å². The highest BCUT2D eigenvalue weighted by atomic mass is 19.4. The van der Waals surface area contributed by atoms with E-state index in [1.807, 2.05) is 12.1 Å². The molecule has 0 saturated carbocycles. The van der Waals surface area contributed by atoms with Crippen molar-refractivity contribution in [2.75, 3.05) is 19.6 Å². The van der Waals surface area contributed by atoms with Gasteiger partial charge in [0, 0.05) is 50.5 Å². The fourth-order valence-corrected chi connectivity index (χ4v) is 2.86. The number of hydrogen-bond donors (Lipinski definition) is 1. The SMILES string of the molecule is FC(F)(F)Cn1ccnc1CN1CCNCC1c1ccncc1. The Labute approximate surface area is 132 Å². The van der Waals surface area contributed by atoms with Crippen molar-refractivity contribution in [2.45, 2.75) is 25.3 Å². The fourth-order valence-electron chi connectivity index (χ4n) is 2.86. The molecule has 3 heterocycles. The fraction of sp³-hybridized carbons (Fsp3) is 0.467. The van der Waals surface area contributed by atoms with E-state index >= 15 is 0 Å². The summed E-state index contributed by atoms with van der Waals surface area (Å²) in [6.07, 6.45) is 2.01. The molecule has 124 valence electrons. The molecule has 1 aliphatic heterocycles. The standard InChI is InChI=1S/C15H18F3N5/c16-15(17,18)11-23-8-6-21-14(23)10-22-7-5-20-9-13(22)12-1-3-19-4-2-12/h1-4,6,8,13,20H,5,7,9-11H2. The summed E-state index contributed by atoms with van der Waals surface area (Å²) in [7, 11) is 0. The summed E-state index contributed by atoms with van der Waals surface area (Å²) < 4.78 is 39.1. The second-order valence-corrected chi connectivity index (χ2v) is 5.56. The lowest BCUT2D eigenvalue weighted by Gasteiger charge is -2.36. The third-order valence-electron chi connectivity index (χ3n) is 3.94. The maximum atomic E-state index is 12.6. The molecule has 3 rings (SSSR count).